The average Bonchev–Trinajstić information content (AvgIpc) is 3.00. The van der Waals surface area contributed by atoms with Crippen molar-refractivity contribution in [3.05, 3.63) is 30.0 Å². The van der Waals surface area contributed by atoms with Gasteiger partial charge in [-0.25, -0.2) is 9.59 Å². The molecule has 3 rings (SSSR count). The first-order valence-corrected chi connectivity index (χ1v) is 10.0. The molecule has 1 fully saturated rings. The smallest absolute Gasteiger partial charge is 0.497 e. The molecule has 2 aromatic rings. The Balaban J connectivity index is 1.68. The quantitative estimate of drug-likeness (QED) is 0.511. The Labute approximate surface area is 167 Å². The Kier molecular flexibility index (Phi) is 6.69. The van der Waals surface area contributed by atoms with Crippen LogP contribution in [0.25, 0.3) is 10.9 Å². The molecule has 0 amide bonds. The summed E-state index contributed by atoms with van der Waals surface area (Å²) in [7, 11) is 5.59. The highest BCUT2D eigenvalue weighted by Gasteiger charge is 2.23. The van der Waals surface area contributed by atoms with Crippen molar-refractivity contribution in [2.75, 3.05) is 46.0 Å². The Morgan fingerprint density at radius 3 is 2.68 bits per heavy atom. The molecule has 0 atom stereocenters. The third kappa shape index (κ3) is 4.90. The molecular formula is C19H24N2O6S. The van der Waals surface area contributed by atoms with Crippen molar-refractivity contribution >= 4 is 34.9 Å². The topological polar surface area (TPSA) is 79.2 Å². The predicted molar refractivity (Wildman–Crippen MR) is 106 cm³/mol. The van der Waals surface area contributed by atoms with Crippen molar-refractivity contribution in [1.29, 1.82) is 0 Å². The molecule has 8 nitrogen and oxygen atoms in total. The second-order valence-electron chi connectivity index (χ2n) is 6.66. The molecule has 1 aliphatic rings. The van der Waals surface area contributed by atoms with Gasteiger partial charge in [0.1, 0.15) is 11.9 Å². The number of thioether (sulfide) groups is 1. The lowest BCUT2D eigenvalue weighted by Crippen LogP contribution is -2.31. The molecule has 1 aromatic carbocycles. The molecular weight excluding hydrogens is 384 g/mol. The second kappa shape index (κ2) is 9.20. The first-order chi connectivity index (χ1) is 13.5. The van der Waals surface area contributed by atoms with Gasteiger partial charge in [-0.3, -0.25) is 4.57 Å². The van der Waals surface area contributed by atoms with Gasteiger partial charge in [0, 0.05) is 29.6 Å². The van der Waals surface area contributed by atoms with E-state index in [9.17, 15) is 9.59 Å². The van der Waals surface area contributed by atoms with Gasteiger partial charge in [-0.15, -0.1) is 0 Å². The van der Waals surface area contributed by atoms with Crippen LogP contribution in [-0.2, 0) is 20.6 Å². The summed E-state index contributed by atoms with van der Waals surface area (Å²) in [6.07, 6.45) is 0.944. The summed E-state index contributed by atoms with van der Waals surface area (Å²) in [6, 6.07) is 5.49. The molecule has 1 aromatic heterocycles. The molecule has 0 unspecified atom stereocenters. The molecule has 2 heterocycles. The normalized spacial score (nSPS) is 14.0. The van der Waals surface area contributed by atoms with Crippen LogP contribution in [0.15, 0.2) is 24.4 Å². The summed E-state index contributed by atoms with van der Waals surface area (Å²) in [5, 5.41) is 0.918. The van der Waals surface area contributed by atoms with Crippen LogP contribution in [0.3, 0.4) is 0 Å². The number of rotatable bonds is 7. The number of carbonyl (C=O) groups is 2. The minimum atomic E-state index is -0.827. The molecule has 0 N–H and O–H groups in total. The average molecular weight is 408 g/mol. The Morgan fingerprint density at radius 1 is 1.25 bits per heavy atom. The fourth-order valence-electron chi connectivity index (χ4n) is 2.75. The number of methoxy groups -OCH3 is 1. The van der Waals surface area contributed by atoms with E-state index in [0.717, 1.165) is 35.4 Å². The maximum atomic E-state index is 12.5. The lowest BCUT2D eigenvalue weighted by Gasteiger charge is -2.23. The summed E-state index contributed by atoms with van der Waals surface area (Å²) < 4.78 is 21.7. The molecule has 0 aliphatic carbocycles. The second-order valence-corrected chi connectivity index (χ2v) is 7.74. The molecule has 1 saturated heterocycles. The Hall–Kier alpha value is -2.39. The van der Waals surface area contributed by atoms with Crippen molar-refractivity contribution in [3.8, 4) is 5.75 Å². The van der Waals surface area contributed by atoms with Crippen LogP contribution in [0, 0.1) is 0 Å². The van der Waals surface area contributed by atoms with Gasteiger partial charge < -0.3 is 23.8 Å². The van der Waals surface area contributed by atoms with Crippen LogP contribution in [0.4, 0.5) is 9.59 Å². The maximum Gasteiger partial charge on any atom is 0.511 e. The Bertz CT molecular complexity index is 846. The molecule has 28 heavy (non-hydrogen) atoms. The predicted octanol–water partition coefficient (Wildman–Crippen LogP) is 2.96. The van der Waals surface area contributed by atoms with Crippen molar-refractivity contribution < 1.29 is 28.5 Å². The third-order valence-corrected chi connectivity index (χ3v) is 5.56. The summed E-state index contributed by atoms with van der Waals surface area (Å²) in [5.74, 6) is 2.25. The maximum absolute atomic E-state index is 12.5. The number of nitrogens with zero attached hydrogens (tertiary/aromatic N) is 2. The summed E-state index contributed by atoms with van der Waals surface area (Å²) in [4.78, 5) is 26.1. The van der Waals surface area contributed by atoms with E-state index in [1.54, 1.807) is 37.2 Å². The van der Waals surface area contributed by atoms with E-state index >= 15 is 0 Å². The van der Waals surface area contributed by atoms with Crippen molar-refractivity contribution in [2.24, 2.45) is 0 Å². The Morgan fingerprint density at radius 2 is 2.04 bits per heavy atom. The number of fused-ring (bicyclic) bond motifs is 1. The summed E-state index contributed by atoms with van der Waals surface area (Å²) in [6.45, 7) is 0.333. The van der Waals surface area contributed by atoms with Crippen LogP contribution < -0.4 is 4.74 Å². The van der Waals surface area contributed by atoms with Crippen LogP contribution in [0.2, 0.25) is 0 Å². The van der Waals surface area contributed by atoms with Gasteiger partial charge in [-0.1, -0.05) is 0 Å². The van der Waals surface area contributed by atoms with Gasteiger partial charge in [0.05, 0.1) is 12.6 Å². The first-order valence-electron chi connectivity index (χ1n) is 8.89. The summed E-state index contributed by atoms with van der Waals surface area (Å²) in [5.41, 5.74) is 1.70. The molecule has 0 bridgehead atoms. The largest absolute Gasteiger partial charge is 0.511 e. The fourth-order valence-corrected chi connectivity index (χ4v) is 3.31. The summed E-state index contributed by atoms with van der Waals surface area (Å²) >= 11 is 1.69. The van der Waals surface area contributed by atoms with E-state index in [0.29, 0.717) is 11.3 Å². The zero-order valence-corrected chi connectivity index (χ0v) is 17.0. The third-order valence-electron chi connectivity index (χ3n) is 4.35. The van der Waals surface area contributed by atoms with E-state index in [1.165, 1.54) is 4.57 Å². The van der Waals surface area contributed by atoms with Gasteiger partial charge in [0.2, 0.25) is 6.79 Å². The molecule has 9 heteroatoms. The lowest BCUT2D eigenvalue weighted by atomic mass is 10.1. The van der Waals surface area contributed by atoms with E-state index in [4.69, 9.17) is 18.9 Å². The molecule has 0 saturated carbocycles. The highest BCUT2D eigenvalue weighted by Crippen LogP contribution is 2.27. The molecule has 0 spiro atoms. The minimum Gasteiger partial charge on any atom is -0.497 e. The molecule has 152 valence electrons. The zero-order valence-electron chi connectivity index (χ0n) is 16.2. The van der Waals surface area contributed by atoms with Crippen molar-refractivity contribution in [1.82, 2.24) is 9.47 Å². The number of ether oxygens (including phenoxy) is 4. The number of likely N-dealkylation sites (N-methyl/N-ethyl adjacent to an activating group) is 1. The van der Waals surface area contributed by atoms with E-state index in [-0.39, 0.29) is 6.10 Å². The lowest BCUT2D eigenvalue weighted by molar-refractivity contribution is -0.0241. The zero-order chi connectivity index (χ0) is 20.1. The van der Waals surface area contributed by atoms with Crippen LogP contribution in [0.1, 0.15) is 5.56 Å². The van der Waals surface area contributed by atoms with Gasteiger partial charge in [-0.05, 0) is 44.3 Å². The highest BCUT2D eigenvalue weighted by molar-refractivity contribution is 8.00. The van der Waals surface area contributed by atoms with E-state index in [1.807, 2.05) is 20.2 Å². The molecule has 1 aliphatic heterocycles. The minimum absolute atomic E-state index is 0.115. The van der Waals surface area contributed by atoms with Gasteiger partial charge in [-0.2, -0.15) is 11.8 Å². The van der Waals surface area contributed by atoms with Crippen LogP contribution in [-0.4, -0.2) is 73.9 Å². The van der Waals surface area contributed by atoms with Crippen LogP contribution >= 0.6 is 11.8 Å². The van der Waals surface area contributed by atoms with Crippen molar-refractivity contribution in [2.45, 2.75) is 12.5 Å². The number of carbonyl (C=O) groups excluding carboxylic acids is 2. The van der Waals surface area contributed by atoms with Gasteiger partial charge in [0.25, 0.3) is 0 Å². The van der Waals surface area contributed by atoms with E-state index < -0.39 is 19.0 Å². The number of hydrogen-bond donors (Lipinski definition) is 0. The first kappa shape index (κ1) is 20.3. The van der Waals surface area contributed by atoms with Crippen molar-refractivity contribution in [3.63, 3.8) is 0 Å². The fraction of sp³-hybridized carbons (Fsp3) is 0.474. The SMILES string of the molecule is COc1ccc2c(c1)c(CCN(C)C)cn2C(=O)OCOC(=O)OC1CSC1. The standard InChI is InChI=1S/C19H24N2O6S/c1-20(2)7-6-13-9-21(17-5-4-14(24-3)8-16(13)17)18(22)25-12-26-19(23)27-15-10-28-11-15/h4-5,8-9,15H,6-7,10-12H2,1-3H3. The molecule has 0 radical (unpaired) electrons. The highest BCUT2D eigenvalue weighted by atomic mass is 32.2. The number of aromatic nitrogens is 1. The number of benzene rings is 1. The number of hydrogen-bond acceptors (Lipinski definition) is 8. The monoisotopic (exact) mass is 408 g/mol. The van der Waals surface area contributed by atoms with Gasteiger partial charge in [0.15, 0.2) is 0 Å². The van der Waals surface area contributed by atoms with Crippen LogP contribution in [0.5, 0.6) is 5.75 Å². The van der Waals surface area contributed by atoms with E-state index in [2.05, 4.69) is 4.90 Å². The van der Waals surface area contributed by atoms with Gasteiger partial charge >= 0.3 is 12.2 Å².